The van der Waals surface area contributed by atoms with E-state index < -0.39 is 11.7 Å². The van der Waals surface area contributed by atoms with Gasteiger partial charge in [-0.25, -0.2) is 4.79 Å². The van der Waals surface area contributed by atoms with E-state index in [-0.39, 0.29) is 18.5 Å². The Bertz CT molecular complexity index is 627. The predicted molar refractivity (Wildman–Crippen MR) is 101 cm³/mol. The normalized spacial score (nSPS) is 17.5. The lowest BCUT2D eigenvalue weighted by Crippen LogP contribution is -2.42. The fourth-order valence-electron chi connectivity index (χ4n) is 3.03. The number of nitrogens with zero attached hydrogens (tertiary/aromatic N) is 2. The molecule has 1 fully saturated rings. The van der Waals surface area contributed by atoms with Crippen molar-refractivity contribution in [2.24, 2.45) is 0 Å². The quantitative estimate of drug-likeness (QED) is 0.760. The molecule has 0 spiro atoms. The highest BCUT2D eigenvalue weighted by Gasteiger charge is 2.32. The van der Waals surface area contributed by atoms with Crippen LogP contribution < -0.4 is 0 Å². The summed E-state index contributed by atoms with van der Waals surface area (Å²) >= 11 is 1.70. The van der Waals surface area contributed by atoms with Crippen molar-refractivity contribution in [1.82, 2.24) is 9.80 Å². The van der Waals surface area contributed by atoms with Gasteiger partial charge < -0.3 is 14.5 Å². The van der Waals surface area contributed by atoms with Gasteiger partial charge in [0.15, 0.2) is 0 Å². The molecule has 2 rings (SSSR count). The summed E-state index contributed by atoms with van der Waals surface area (Å²) in [5.74, 6) is -0.0354. The van der Waals surface area contributed by atoms with Gasteiger partial charge in [-0.2, -0.15) is 0 Å². The van der Waals surface area contributed by atoms with Gasteiger partial charge in [-0.15, -0.1) is 11.8 Å². The maximum absolute atomic E-state index is 12.8. The molecule has 1 unspecified atom stereocenters. The lowest BCUT2D eigenvalue weighted by Gasteiger charge is -2.29. The molecule has 0 saturated carbocycles. The fraction of sp³-hybridized carbons (Fsp3) is 0.579. The number of benzene rings is 1. The highest BCUT2D eigenvalue weighted by Crippen LogP contribution is 2.36. The number of ether oxygens (including phenoxy) is 1. The van der Waals surface area contributed by atoms with Crippen LogP contribution >= 0.6 is 11.8 Å². The molecule has 1 aliphatic rings. The van der Waals surface area contributed by atoms with Gasteiger partial charge in [0.05, 0.1) is 6.04 Å². The second-order valence-electron chi connectivity index (χ2n) is 7.32. The van der Waals surface area contributed by atoms with Crippen molar-refractivity contribution in [3.8, 4) is 0 Å². The van der Waals surface area contributed by atoms with E-state index in [0.29, 0.717) is 0 Å². The van der Waals surface area contributed by atoms with Gasteiger partial charge in [-0.3, -0.25) is 4.79 Å². The minimum Gasteiger partial charge on any atom is -0.444 e. The van der Waals surface area contributed by atoms with Gasteiger partial charge in [-0.1, -0.05) is 18.2 Å². The zero-order valence-corrected chi connectivity index (χ0v) is 16.6. The largest absolute Gasteiger partial charge is 0.444 e. The molecule has 1 aromatic carbocycles. The van der Waals surface area contributed by atoms with Gasteiger partial charge in [0.1, 0.15) is 12.1 Å². The Labute approximate surface area is 154 Å². The van der Waals surface area contributed by atoms with Crippen LogP contribution in [0.25, 0.3) is 0 Å². The summed E-state index contributed by atoms with van der Waals surface area (Å²) in [7, 11) is 1.60. The molecular weight excluding hydrogens is 336 g/mol. The Morgan fingerprint density at radius 3 is 2.64 bits per heavy atom. The minimum absolute atomic E-state index is 0.0346. The average Bonchev–Trinajstić information content (AvgIpc) is 3.02. The molecular formula is C19H28N2O3S. The smallest absolute Gasteiger partial charge is 0.410 e. The topological polar surface area (TPSA) is 49.9 Å². The number of amides is 2. The maximum atomic E-state index is 12.8. The first-order valence-electron chi connectivity index (χ1n) is 8.59. The minimum atomic E-state index is -0.568. The van der Waals surface area contributed by atoms with Crippen molar-refractivity contribution in [3.05, 3.63) is 29.8 Å². The summed E-state index contributed by atoms with van der Waals surface area (Å²) in [6, 6.07) is 8.31. The third kappa shape index (κ3) is 5.14. The molecule has 0 bridgehead atoms. The molecule has 0 aromatic heterocycles. The monoisotopic (exact) mass is 364 g/mol. The lowest BCUT2D eigenvalue weighted by atomic mass is 10.0. The van der Waals surface area contributed by atoms with E-state index in [1.54, 1.807) is 18.8 Å². The van der Waals surface area contributed by atoms with E-state index in [1.807, 2.05) is 37.8 Å². The molecule has 2 amide bonds. The van der Waals surface area contributed by atoms with Gasteiger partial charge in [-0.05, 0) is 51.5 Å². The molecule has 1 aliphatic heterocycles. The Kier molecular flexibility index (Phi) is 6.38. The number of hydrogen-bond donors (Lipinski definition) is 0. The van der Waals surface area contributed by atoms with Crippen LogP contribution in [0.5, 0.6) is 0 Å². The summed E-state index contributed by atoms with van der Waals surface area (Å²) in [4.78, 5) is 29.3. The van der Waals surface area contributed by atoms with E-state index in [4.69, 9.17) is 4.74 Å². The molecule has 0 radical (unpaired) electrons. The molecule has 1 heterocycles. The lowest BCUT2D eigenvalue weighted by molar-refractivity contribution is -0.133. The van der Waals surface area contributed by atoms with Crippen LogP contribution in [0.1, 0.15) is 45.2 Å². The van der Waals surface area contributed by atoms with Crippen LogP contribution in [0.2, 0.25) is 0 Å². The first-order valence-corrected chi connectivity index (χ1v) is 9.82. The van der Waals surface area contributed by atoms with Crippen LogP contribution in [0.3, 0.4) is 0 Å². The molecule has 0 N–H and O–H groups in total. The second kappa shape index (κ2) is 8.13. The number of likely N-dealkylation sites (tertiary alicyclic amines) is 1. The number of rotatable bonds is 4. The molecule has 138 valence electrons. The molecule has 6 heteroatoms. The molecule has 1 saturated heterocycles. The van der Waals surface area contributed by atoms with E-state index in [9.17, 15) is 9.59 Å². The van der Waals surface area contributed by atoms with Crippen LogP contribution in [-0.4, -0.2) is 53.8 Å². The Morgan fingerprint density at radius 2 is 2.00 bits per heavy atom. The second-order valence-corrected chi connectivity index (χ2v) is 8.17. The molecule has 1 atom stereocenters. The summed E-state index contributed by atoms with van der Waals surface area (Å²) in [5, 5.41) is 0. The zero-order valence-electron chi connectivity index (χ0n) is 15.7. The Balaban J connectivity index is 2.06. The summed E-state index contributed by atoms with van der Waals surface area (Å²) in [5.41, 5.74) is 0.628. The molecule has 1 aromatic rings. The number of carbonyl (C=O) groups is 2. The standard InChI is InChI=1S/C19H28N2O3S/c1-19(2,3)24-18(23)20(4)13-17(22)21-12-8-10-15(21)14-9-6-7-11-16(14)25-5/h6-7,9,11,15H,8,10,12-13H2,1-5H3. The summed E-state index contributed by atoms with van der Waals surface area (Å²) in [6.07, 6.45) is 3.52. The van der Waals surface area contributed by atoms with Gasteiger partial charge in [0.25, 0.3) is 0 Å². The van der Waals surface area contributed by atoms with Crippen molar-refractivity contribution in [2.75, 3.05) is 26.4 Å². The zero-order chi connectivity index (χ0) is 18.6. The van der Waals surface area contributed by atoms with Gasteiger partial charge in [0.2, 0.25) is 5.91 Å². The Hall–Kier alpha value is -1.69. The summed E-state index contributed by atoms with van der Waals surface area (Å²) < 4.78 is 5.32. The van der Waals surface area contributed by atoms with Crippen molar-refractivity contribution in [2.45, 2.75) is 50.2 Å². The predicted octanol–water partition coefficient (Wildman–Crippen LogP) is 3.94. The van der Waals surface area contributed by atoms with Crippen LogP contribution in [0.4, 0.5) is 4.79 Å². The Morgan fingerprint density at radius 1 is 1.32 bits per heavy atom. The maximum Gasteiger partial charge on any atom is 0.410 e. The average molecular weight is 365 g/mol. The van der Waals surface area contributed by atoms with Crippen molar-refractivity contribution in [1.29, 1.82) is 0 Å². The molecule has 0 aliphatic carbocycles. The first-order chi connectivity index (χ1) is 11.7. The first kappa shape index (κ1) is 19.6. The van der Waals surface area contributed by atoms with Crippen molar-refractivity contribution >= 4 is 23.8 Å². The highest BCUT2D eigenvalue weighted by molar-refractivity contribution is 7.98. The van der Waals surface area contributed by atoms with Crippen molar-refractivity contribution in [3.63, 3.8) is 0 Å². The summed E-state index contributed by atoms with van der Waals surface area (Å²) in [6.45, 7) is 6.21. The molecule has 5 nitrogen and oxygen atoms in total. The van der Waals surface area contributed by atoms with E-state index in [0.717, 1.165) is 19.4 Å². The SMILES string of the molecule is CSc1ccccc1C1CCCN1C(=O)CN(C)C(=O)OC(C)(C)C. The van der Waals surface area contributed by atoms with Crippen LogP contribution in [-0.2, 0) is 9.53 Å². The van der Waals surface area contributed by atoms with Crippen LogP contribution in [0.15, 0.2) is 29.2 Å². The number of carbonyl (C=O) groups excluding carboxylic acids is 2. The number of thioether (sulfide) groups is 1. The van der Waals surface area contributed by atoms with E-state index in [2.05, 4.69) is 18.4 Å². The van der Waals surface area contributed by atoms with Gasteiger partial charge >= 0.3 is 6.09 Å². The molecule has 25 heavy (non-hydrogen) atoms. The van der Waals surface area contributed by atoms with E-state index >= 15 is 0 Å². The fourth-order valence-corrected chi connectivity index (χ4v) is 3.68. The number of hydrogen-bond acceptors (Lipinski definition) is 4. The highest BCUT2D eigenvalue weighted by atomic mass is 32.2. The number of likely N-dealkylation sites (N-methyl/N-ethyl adjacent to an activating group) is 1. The third-order valence-corrected chi connectivity index (χ3v) is 4.96. The van der Waals surface area contributed by atoms with E-state index in [1.165, 1.54) is 15.4 Å². The van der Waals surface area contributed by atoms with Crippen molar-refractivity contribution < 1.29 is 14.3 Å². The van der Waals surface area contributed by atoms with Gasteiger partial charge in [0, 0.05) is 18.5 Å². The third-order valence-electron chi connectivity index (χ3n) is 4.15. The van der Waals surface area contributed by atoms with Crippen LogP contribution in [0, 0.1) is 0 Å².